The van der Waals surface area contributed by atoms with Crippen molar-refractivity contribution in [2.24, 2.45) is 0 Å². The predicted octanol–water partition coefficient (Wildman–Crippen LogP) is 4.69. The zero-order chi connectivity index (χ0) is 12.0. The Morgan fingerprint density at radius 1 is 1.35 bits per heavy atom. The Morgan fingerprint density at radius 2 is 2.18 bits per heavy atom. The minimum Gasteiger partial charge on any atom is -0.288 e. The van der Waals surface area contributed by atoms with Crippen LogP contribution in [0.4, 0.5) is 0 Å². The first-order chi connectivity index (χ1) is 8.20. The molecule has 0 bridgehead atoms. The molecule has 0 spiro atoms. The minimum atomic E-state index is 0.142. The molecule has 17 heavy (non-hydrogen) atoms. The van der Waals surface area contributed by atoms with E-state index in [9.17, 15) is 4.79 Å². The van der Waals surface area contributed by atoms with Gasteiger partial charge in [-0.2, -0.15) is 0 Å². The summed E-state index contributed by atoms with van der Waals surface area (Å²) in [5, 5.41) is 4.44. The van der Waals surface area contributed by atoms with E-state index < -0.39 is 0 Å². The highest BCUT2D eigenvalue weighted by Crippen LogP contribution is 2.32. The highest BCUT2D eigenvalue weighted by Gasteiger charge is 2.11. The van der Waals surface area contributed by atoms with E-state index in [0.29, 0.717) is 5.02 Å². The van der Waals surface area contributed by atoms with E-state index in [1.165, 1.54) is 0 Å². The molecule has 0 N–H and O–H groups in total. The van der Waals surface area contributed by atoms with Gasteiger partial charge in [-0.15, -0.1) is 22.7 Å². The molecule has 0 fully saturated rings. The molecule has 0 saturated carbocycles. The fourth-order valence-electron chi connectivity index (χ4n) is 1.95. The monoisotopic (exact) mass is 280 g/mol. The Labute approximate surface area is 111 Å². The number of halogens is 1. The number of hydrogen-bond acceptors (Lipinski definition) is 3. The van der Waals surface area contributed by atoms with Crippen molar-refractivity contribution in [1.29, 1.82) is 0 Å². The molecule has 0 unspecified atom stereocenters. The van der Waals surface area contributed by atoms with E-state index in [0.717, 1.165) is 31.5 Å². The number of thiophene rings is 1. The van der Waals surface area contributed by atoms with Crippen molar-refractivity contribution in [1.82, 2.24) is 0 Å². The van der Waals surface area contributed by atoms with Crippen LogP contribution in [0.1, 0.15) is 12.5 Å². The standard InChI is InChI=1S/C13H9ClOS2/c1-2-7-6-16-13-11(7)12(15)9-4-3-8(14)5-10(9)17-13/h3-6H,2H2,1H3. The topological polar surface area (TPSA) is 17.1 Å². The summed E-state index contributed by atoms with van der Waals surface area (Å²) in [6.07, 6.45) is 0.904. The molecule has 0 aliphatic heterocycles. The van der Waals surface area contributed by atoms with Gasteiger partial charge in [-0.25, -0.2) is 0 Å². The maximum atomic E-state index is 12.4. The van der Waals surface area contributed by atoms with Crippen LogP contribution in [0.25, 0.3) is 19.5 Å². The van der Waals surface area contributed by atoms with Gasteiger partial charge >= 0.3 is 0 Å². The van der Waals surface area contributed by atoms with Gasteiger partial charge in [0, 0.05) is 15.1 Å². The normalized spacial score (nSPS) is 11.4. The molecule has 4 heteroatoms. The molecule has 0 saturated heterocycles. The van der Waals surface area contributed by atoms with Gasteiger partial charge in [0.2, 0.25) is 0 Å². The summed E-state index contributed by atoms with van der Waals surface area (Å²) in [5.41, 5.74) is 1.30. The second kappa shape index (κ2) is 4.09. The highest BCUT2D eigenvalue weighted by molar-refractivity contribution is 7.40. The molecule has 3 aromatic rings. The van der Waals surface area contributed by atoms with E-state index in [2.05, 4.69) is 12.3 Å². The molecule has 0 aliphatic carbocycles. The number of hydrogen-bond donors (Lipinski definition) is 0. The summed E-state index contributed by atoms with van der Waals surface area (Å²) in [6.45, 7) is 2.08. The Balaban J connectivity index is 2.55. The van der Waals surface area contributed by atoms with E-state index in [-0.39, 0.29) is 5.43 Å². The lowest BCUT2D eigenvalue weighted by Crippen LogP contribution is -2.01. The Morgan fingerprint density at radius 3 is 2.94 bits per heavy atom. The molecule has 1 nitrogen and oxygen atoms in total. The van der Waals surface area contributed by atoms with Crippen LogP contribution in [0.3, 0.4) is 0 Å². The first kappa shape index (κ1) is 11.2. The minimum absolute atomic E-state index is 0.142. The molecule has 0 atom stereocenters. The van der Waals surface area contributed by atoms with Crippen molar-refractivity contribution in [2.75, 3.05) is 0 Å². The first-order valence-corrected chi connectivity index (χ1v) is 7.40. The molecule has 3 rings (SSSR count). The van der Waals surface area contributed by atoms with Crippen LogP contribution in [0, 0.1) is 0 Å². The van der Waals surface area contributed by atoms with Gasteiger partial charge in [0.15, 0.2) is 5.43 Å². The van der Waals surface area contributed by atoms with Crippen molar-refractivity contribution < 1.29 is 0 Å². The molecule has 0 aliphatic rings. The maximum Gasteiger partial charge on any atom is 0.197 e. The summed E-state index contributed by atoms with van der Waals surface area (Å²) in [5.74, 6) is 0. The molecule has 0 amide bonds. The molecule has 1 aromatic carbocycles. The Bertz CT molecular complexity index is 770. The van der Waals surface area contributed by atoms with Gasteiger partial charge in [-0.3, -0.25) is 4.79 Å². The molecular weight excluding hydrogens is 272 g/mol. The Kier molecular flexibility index (Phi) is 2.69. The summed E-state index contributed by atoms with van der Waals surface area (Å²) in [6, 6.07) is 5.47. The van der Waals surface area contributed by atoms with E-state index >= 15 is 0 Å². The quantitative estimate of drug-likeness (QED) is 0.632. The number of fused-ring (bicyclic) bond motifs is 2. The lowest BCUT2D eigenvalue weighted by molar-refractivity contribution is 1.17. The summed E-state index contributed by atoms with van der Waals surface area (Å²) < 4.78 is 2.07. The number of aryl methyl sites for hydroxylation is 1. The fourth-order valence-corrected chi connectivity index (χ4v) is 4.65. The smallest absolute Gasteiger partial charge is 0.197 e. The van der Waals surface area contributed by atoms with Gasteiger partial charge < -0.3 is 0 Å². The van der Waals surface area contributed by atoms with Crippen LogP contribution in [0.5, 0.6) is 0 Å². The third-order valence-electron chi connectivity index (χ3n) is 2.83. The van der Waals surface area contributed by atoms with Gasteiger partial charge in [-0.05, 0) is 35.6 Å². The number of rotatable bonds is 1. The van der Waals surface area contributed by atoms with Crippen molar-refractivity contribution in [2.45, 2.75) is 13.3 Å². The van der Waals surface area contributed by atoms with Crippen molar-refractivity contribution in [3.8, 4) is 0 Å². The summed E-state index contributed by atoms with van der Waals surface area (Å²) in [4.78, 5) is 12.4. The third-order valence-corrected chi connectivity index (χ3v) is 5.37. The zero-order valence-corrected chi connectivity index (χ0v) is 11.5. The van der Waals surface area contributed by atoms with Gasteiger partial charge in [0.25, 0.3) is 0 Å². The van der Waals surface area contributed by atoms with Gasteiger partial charge in [-0.1, -0.05) is 18.5 Å². The van der Waals surface area contributed by atoms with Gasteiger partial charge in [0.05, 0.1) is 9.40 Å². The Hall–Kier alpha value is -0.900. The van der Waals surface area contributed by atoms with Crippen LogP contribution < -0.4 is 5.43 Å². The fraction of sp³-hybridized carbons (Fsp3) is 0.154. The summed E-state index contributed by atoms with van der Waals surface area (Å²) >= 11 is 9.26. The zero-order valence-electron chi connectivity index (χ0n) is 9.12. The molecule has 0 radical (unpaired) electrons. The molecule has 2 aromatic heterocycles. The predicted molar refractivity (Wildman–Crippen MR) is 77.9 cm³/mol. The van der Waals surface area contributed by atoms with Crippen LogP contribution in [-0.4, -0.2) is 0 Å². The molecular formula is C13H9ClOS2. The largest absolute Gasteiger partial charge is 0.288 e. The average Bonchev–Trinajstić information content (AvgIpc) is 2.72. The van der Waals surface area contributed by atoms with E-state index in [1.54, 1.807) is 28.7 Å². The van der Waals surface area contributed by atoms with E-state index in [1.807, 2.05) is 12.1 Å². The highest BCUT2D eigenvalue weighted by atomic mass is 35.5. The van der Waals surface area contributed by atoms with Crippen molar-refractivity contribution in [3.05, 3.63) is 44.4 Å². The lowest BCUT2D eigenvalue weighted by Gasteiger charge is -1.99. The second-order valence-corrected chi connectivity index (χ2v) is 6.48. The van der Waals surface area contributed by atoms with Crippen molar-refractivity contribution in [3.63, 3.8) is 0 Å². The average molecular weight is 281 g/mol. The van der Waals surface area contributed by atoms with E-state index in [4.69, 9.17) is 11.6 Å². The van der Waals surface area contributed by atoms with Crippen molar-refractivity contribution >= 4 is 53.8 Å². The molecule has 86 valence electrons. The van der Waals surface area contributed by atoms with Crippen LogP contribution in [0.15, 0.2) is 28.4 Å². The SMILES string of the molecule is CCc1csc2sc3cc(Cl)ccc3c(=O)c12. The second-order valence-electron chi connectivity index (χ2n) is 3.85. The lowest BCUT2D eigenvalue weighted by atomic mass is 10.1. The molecule has 2 heterocycles. The first-order valence-electron chi connectivity index (χ1n) is 5.33. The van der Waals surface area contributed by atoms with Crippen LogP contribution >= 0.6 is 34.3 Å². The van der Waals surface area contributed by atoms with Crippen LogP contribution in [0.2, 0.25) is 5.02 Å². The number of benzene rings is 1. The van der Waals surface area contributed by atoms with Crippen LogP contribution in [-0.2, 0) is 6.42 Å². The van der Waals surface area contributed by atoms with Gasteiger partial charge in [0.1, 0.15) is 0 Å². The summed E-state index contributed by atoms with van der Waals surface area (Å²) in [7, 11) is 0. The maximum absolute atomic E-state index is 12.4. The third kappa shape index (κ3) is 1.69.